The number of unbranched alkanes of at least 4 members (excludes halogenated alkanes) is 2. The summed E-state index contributed by atoms with van der Waals surface area (Å²) in [6, 6.07) is 17.2. The zero-order chi connectivity index (χ0) is 21.8. The molecule has 1 aliphatic heterocycles. The van der Waals surface area contributed by atoms with Gasteiger partial charge >= 0.3 is 5.89 Å². The van der Waals surface area contributed by atoms with Crippen molar-refractivity contribution in [2.24, 2.45) is 0 Å². The van der Waals surface area contributed by atoms with Gasteiger partial charge in [-0.3, -0.25) is 0 Å². The molecule has 2 heterocycles. The zero-order valence-electron chi connectivity index (χ0n) is 19.4. The van der Waals surface area contributed by atoms with Crippen LogP contribution in [-0.4, -0.2) is 6.54 Å². The van der Waals surface area contributed by atoms with Crippen molar-refractivity contribution in [3.63, 3.8) is 0 Å². The molecule has 0 aliphatic carbocycles. The first-order chi connectivity index (χ1) is 15.1. The number of benzene rings is 2. The Balaban J connectivity index is 1.70. The molecule has 0 N–H and O–H groups in total. The number of rotatable bonds is 8. The SMILES string of the molecule is CCCCN1C(=CC=Cc2oc3ccccc3[n+]2CCCC)C(C)(C)c2ccccc21. The van der Waals surface area contributed by atoms with E-state index in [-0.39, 0.29) is 5.41 Å². The van der Waals surface area contributed by atoms with Crippen LogP contribution >= 0.6 is 0 Å². The summed E-state index contributed by atoms with van der Waals surface area (Å²) in [5.41, 5.74) is 6.22. The Morgan fingerprint density at radius 2 is 1.71 bits per heavy atom. The molecule has 31 heavy (non-hydrogen) atoms. The van der Waals surface area contributed by atoms with Gasteiger partial charge in [0.2, 0.25) is 5.58 Å². The van der Waals surface area contributed by atoms with Crippen LogP contribution in [0.1, 0.15) is 64.8 Å². The summed E-state index contributed by atoms with van der Waals surface area (Å²) in [5.74, 6) is 0.917. The second kappa shape index (κ2) is 9.13. The van der Waals surface area contributed by atoms with E-state index in [2.05, 4.69) is 97.9 Å². The number of aryl methyl sites for hydroxylation is 1. The topological polar surface area (TPSA) is 20.3 Å². The number of allylic oxidation sites excluding steroid dienone is 3. The largest absolute Gasteiger partial charge is 0.398 e. The zero-order valence-corrected chi connectivity index (χ0v) is 19.4. The molecule has 2 aromatic carbocycles. The minimum Gasteiger partial charge on any atom is -0.398 e. The number of nitrogens with zero attached hydrogens (tertiary/aromatic N) is 2. The van der Waals surface area contributed by atoms with Gasteiger partial charge in [0.25, 0.3) is 5.52 Å². The lowest BCUT2D eigenvalue weighted by atomic mass is 9.84. The summed E-state index contributed by atoms with van der Waals surface area (Å²) in [5, 5.41) is 0. The fraction of sp³-hybridized carbons (Fsp3) is 0.393. The predicted octanol–water partition coefficient (Wildman–Crippen LogP) is 7.02. The molecule has 0 saturated carbocycles. The Morgan fingerprint density at radius 1 is 0.968 bits per heavy atom. The van der Waals surface area contributed by atoms with Crippen molar-refractivity contribution in [3.8, 4) is 0 Å². The van der Waals surface area contributed by atoms with Gasteiger partial charge < -0.3 is 9.32 Å². The molecule has 3 heteroatoms. The number of anilines is 1. The van der Waals surface area contributed by atoms with Crippen LogP contribution in [0, 0.1) is 0 Å². The lowest BCUT2D eigenvalue weighted by Crippen LogP contribution is -2.35. The molecule has 0 bridgehead atoms. The Kier molecular flexibility index (Phi) is 6.31. The normalized spacial score (nSPS) is 16.6. The van der Waals surface area contributed by atoms with E-state index >= 15 is 0 Å². The van der Waals surface area contributed by atoms with E-state index in [1.165, 1.54) is 41.7 Å². The fourth-order valence-electron chi connectivity index (χ4n) is 4.64. The van der Waals surface area contributed by atoms with Gasteiger partial charge in [0.1, 0.15) is 0 Å². The van der Waals surface area contributed by atoms with E-state index in [0.717, 1.165) is 31.0 Å². The van der Waals surface area contributed by atoms with Crippen LogP contribution < -0.4 is 9.47 Å². The summed E-state index contributed by atoms with van der Waals surface area (Å²) in [6.07, 6.45) is 11.3. The molecular weight excluding hydrogens is 380 g/mol. The average Bonchev–Trinajstić information content (AvgIpc) is 3.23. The molecule has 1 aromatic heterocycles. The maximum absolute atomic E-state index is 6.20. The van der Waals surface area contributed by atoms with Crippen molar-refractivity contribution < 1.29 is 8.98 Å². The van der Waals surface area contributed by atoms with Crippen LogP contribution in [0.2, 0.25) is 0 Å². The molecule has 0 spiro atoms. The van der Waals surface area contributed by atoms with Crippen molar-refractivity contribution in [1.29, 1.82) is 0 Å². The summed E-state index contributed by atoms with van der Waals surface area (Å²) < 4.78 is 8.50. The highest BCUT2D eigenvalue weighted by Crippen LogP contribution is 2.47. The van der Waals surface area contributed by atoms with Crippen LogP contribution in [0.25, 0.3) is 17.2 Å². The minimum absolute atomic E-state index is 0.0132. The van der Waals surface area contributed by atoms with E-state index in [1.54, 1.807) is 0 Å². The Hall–Kier alpha value is -2.81. The van der Waals surface area contributed by atoms with E-state index in [9.17, 15) is 0 Å². The predicted molar refractivity (Wildman–Crippen MR) is 130 cm³/mol. The number of oxazole rings is 1. The minimum atomic E-state index is -0.0132. The Bertz CT molecular complexity index is 1100. The molecule has 3 nitrogen and oxygen atoms in total. The molecule has 4 rings (SSSR count). The Labute approximate surface area is 186 Å². The van der Waals surface area contributed by atoms with Gasteiger partial charge in [-0.25, -0.2) is 0 Å². The standard InChI is InChI=1S/C28H35N2O/c1-5-7-20-29-23-15-10-9-14-22(23)28(3,4)26(29)18-13-19-27-30(21-8-6-2)24-16-11-12-17-25(24)31-27/h9-19H,5-8,20-21H2,1-4H3/q+1. The number of fused-ring (bicyclic) bond motifs is 2. The van der Waals surface area contributed by atoms with Gasteiger partial charge in [-0.2, -0.15) is 4.57 Å². The molecule has 162 valence electrons. The molecule has 0 atom stereocenters. The fourth-order valence-corrected chi connectivity index (χ4v) is 4.64. The van der Waals surface area contributed by atoms with Gasteiger partial charge in [0, 0.05) is 35.8 Å². The third-order valence-electron chi connectivity index (χ3n) is 6.40. The van der Waals surface area contributed by atoms with Gasteiger partial charge in [0.15, 0.2) is 6.54 Å². The van der Waals surface area contributed by atoms with Gasteiger partial charge in [0.05, 0.1) is 6.08 Å². The molecule has 1 aliphatic rings. The molecule has 0 saturated heterocycles. The molecular formula is C28H35N2O+. The van der Waals surface area contributed by atoms with Gasteiger partial charge in [-0.15, -0.1) is 0 Å². The first-order valence-corrected chi connectivity index (χ1v) is 11.7. The van der Waals surface area contributed by atoms with E-state index in [4.69, 9.17) is 4.42 Å². The Morgan fingerprint density at radius 3 is 2.52 bits per heavy atom. The van der Waals surface area contributed by atoms with Crippen LogP contribution in [0.15, 0.2) is 70.8 Å². The van der Waals surface area contributed by atoms with Crippen molar-refractivity contribution in [1.82, 2.24) is 0 Å². The van der Waals surface area contributed by atoms with Crippen molar-refractivity contribution >= 4 is 22.9 Å². The quantitative estimate of drug-likeness (QED) is 0.369. The summed E-state index contributed by atoms with van der Waals surface area (Å²) in [6.45, 7) is 11.2. The second-order valence-electron chi connectivity index (χ2n) is 8.97. The summed E-state index contributed by atoms with van der Waals surface area (Å²) in [4.78, 5) is 2.51. The summed E-state index contributed by atoms with van der Waals surface area (Å²) in [7, 11) is 0. The highest BCUT2D eigenvalue weighted by atomic mass is 16.3. The van der Waals surface area contributed by atoms with E-state index < -0.39 is 0 Å². The molecule has 3 aromatic rings. The number of para-hydroxylation sites is 3. The number of hydrogen-bond acceptors (Lipinski definition) is 2. The molecule has 0 fully saturated rings. The molecule has 0 amide bonds. The lowest BCUT2D eigenvalue weighted by molar-refractivity contribution is -0.678. The smallest absolute Gasteiger partial charge is 0.374 e. The summed E-state index contributed by atoms with van der Waals surface area (Å²) >= 11 is 0. The maximum Gasteiger partial charge on any atom is 0.374 e. The number of hydrogen-bond donors (Lipinski definition) is 0. The third kappa shape index (κ3) is 4.06. The van der Waals surface area contributed by atoms with Crippen LogP contribution in [0.3, 0.4) is 0 Å². The maximum atomic E-state index is 6.20. The molecule has 0 unspecified atom stereocenters. The third-order valence-corrected chi connectivity index (χ3v) is 6.40. The van der Waals surface area contributed by atoms with E-state index in [0.29, 0.717) is 0 Å². The van der Waals surface area contributed by atoms with Crippen molar-refractivity contribution in [3.05, 3.63) is 77.8 Å². The molecule has 0 radical (unpaired) electrons. The highest BCUT2D eigenvalue weighted by Gasteiger charge is 2.39. The first-order valence-electron chi connectivity index (χ1n) is 11.7. The van der Waals surface area contributed by atoms with E-state index in [1.807, 2.05) is 6.07 Å². The second-order valence-corrected chi connectivity index (χ2v) is 8.97. The van der Waals surface area contributed by atoms with Crippen LogP contribution in [-0.2, 0) is 12.0 Å². The lowest BCUT2D eigenvalue weighted by Gasteiger charge is -2.26. The van der Waals surface area contributed by atoms with Crippen molar-refractivity contribution in [2.75, 3.05) is 11.4 Å². The average molecular weight is 416 g/mol. The number of aromatic nitrogens is 1. The van der Waals surface area contributed by atoms with Crippen molar-refractivity contribution in [2.45, 2.75) is 65.3 Å². The highest BCUT2D eigenvalue weighted by molar-refractivity contribution is 5.71. The van der Waals surface area contributed by atoms with Gasteiger partial charge in [-0.1, -0.05) is 76.9 Å². The van der Waals surface area contributed by atoms with Gasteiger partial charge in [-0.05, 0) is 30.2 Å². The monoisotopic (exact) mass is 415 g/mol. The van der Waals surface area contributed by atoms with Crippen LogP contribution in [0.5, 0.6) is 0 Å². The van der Waals surface area contributed by atoms with Crippen LogP contribution in [0.4, 0.5) is 5.69 Å². The first kappa shape index (κ1) is 21.4.